The summed E-state index contributed by atoms with van der Waals surface area (Å²) < 4.78 is 14.8. The van der Waals surface area contributed by atoms with Crippen molar-refractivity contribution in [3.63, 3.8) is 0 Å². The van der Waals surface area contributed by atoms with Crippen LogP contribution in [0.2, 0.25) is 0 Å². The van der Waals surface area contributed by atoms with Gasteiger partial charge < -0.3 is 24.5 Å². The average molecular weight is 436 g/mol. The molecule has 2 rings (SSSR count). The summed E-state index contributed by atoms with van der Waals surface area (Å²) in [5.41, 5.74) is 1.41. The standard InChI is InChI=1S/C20H24N2O7S/c1-6-12-8-13(18(24)28-7-2)17(30-12)22-14(23)9-29-20(26)16-10(3)15(11(4)21-16)19(25)27-5/h8,21H,6-7,9H2,1-5H3,(H,22,23). The minimum absolute atomic E-state index is 0.0669. The molecule has 0 radical (unpaired) electrons. The molecule has 0 spiro atoms. The third-order valence-corrected chi connectivity index (χ3v) is 5.44. The number of nitrogens with one attached hydrogen (secondary N) is 2. The largest absolute Gasteiger partial charge is 0.465 e. The van der Waals surface area contributed by atoms with Crippen LogP contribution in [0.4, 0.5) is 5.00 Å². The number of hydrogen-bond donors (Lipinski definition) is 2. The van der Waals surface area contributed by atoms with Crippen LogP contribution in [0.25, 0.3) is 0 Å². The number of thiophene rings is 1. The van der Waals surface area contributed by atoms with Crippen LogP contribution in [-0.2, 0) is 25.4 Å². The molecule has 0 saturated heterocycles. The molecule has 0 bridgehead atoms. The van der Waals surface area contributed by atoms with Gasteiger partial charge in [0.1, 0.15) is 10.7 Å². The normalized spacial score (nSPS) is 10.4. The molecule has 0 aliphatic heterocycles. The third kappa shape index (κ3) is 5.07. The van der Waals surface area contributed by atoms with Crippen molar-refractivity contribution in [3.05, 3.63) is 39.0 Å². The predicted molar refractivity (Wildman–Crippen MR) is 110 cm³/mol. The lowest BCUT2D eigenvalue weighted by molar-refractivity contribution is -0.119. The Balaban J connectivity index is 2.07. The maximum atomic E-state index is 12.4. The van der Waals surface area contributed by atoms with Crippen molar-refractivity contribution >= 4 is 40.2 Å². The molecule has 0 unspecified atom stereocenters. The number of ether oxygens (including phenoxy) is 3. The zero-order chi connectivity index (χ0) is 22.4. The highest BCUT2D eigenvalue weighted by Gasteiger charge is 2.24. The van der Waals surface area contributed by atoms with E-state index in [9.17, 15) is 19.2 Å². The van der Waals surface area contributed by atoms with Crippen LogP contribution in [0.15, 0.2) is 6.07 Å². The number of amides is 1. The quantitative estimate of drug-likeness (QED) is 0.481. The highest BCUT2D eigenvalue weighted by Crippen LogP contribution is 2.29. The first kappa shape index (κ1) is 23.1. The van der Waals surface area contributed by atoms with Crippen LogP contribution in [0.3, 0.4) is 0 Å². The number of aromatic nitrogens is 1. The van der Waals surface area contributed by atoms with E-state index in [1.165, 1.54) is 18.4 Å². The zero-order valence-corrected chi connectivity index (χ0v) is 18.3. The fourth-order valence-corrected chi connectivity index (χ4v) is 3.80. The molecule has 10 heteroatoms. The summed E-state index contributed by atoms with van der Waals surface area (Å²) in [6.45, 7) is 6.48. The maximum Gasteiger partial charge on any atom is 0.355 e. The van der Waals surface area contributed by atoms with Gasteiger partial charge in [0, 0.05) is 10.6 Å². The number of methoxy groups -OCH3 is 1. The van der Waals surface area contributed by atoms with Crippen LogP contribution in [0, 0.1) is 13.8 Å². The topological polar surface area (TPSA) is 124 Å². The van der Waals surface area contributed by atoms with Crippen molar-refractivity contribution in [2.45, 2.75) is 34.1 Å². The van der Waals surface area contributed by atoms with E-state index in [1.54, 1.807) is 26.8 Å². The van der Waals surface area contributed by atoms with Gasteiger partial charge in [0.05, 0.1) is 24.8 Å². The molecule has 0 aliphatic carbocycles. The lowest BCUT2D eigenvalue weighted by Crippen LogP contribution is -2.22. The van der Waals surface area contributed by atoms with E-state index in [2.05, 4.69) is 10.3 Å². The minimum Gasteiger partial charge on any atom is -0.465 e. The Bertz CT molecular complexity index is 974. The molecule has 30 heavy (non-hydrogen) atoms. The lowest BCUT2D eigenvalue weighted by atomic mass is 10.1. The van der Waals surface area contributed by atoms with E-state index in [-0.39, 0.29) is 23.4 Å². The van der Waals surface area contributed by atoms with E-state index < -0.39 is 30.4 Å². The fraction of sp³-hybridized carbons (Fsp3) is 0.400. The first-order valence-electron chi connectivity index (χ1n) is 9.27. The lowest BCUT2D eigenvalue weighted by Gasteiger charge is -2.07. The van der Waals surface area contributed by atoms with Gasteiger partial charge in [0.2, 0.25) is 0 Å². The van der Waals surface area contributed by atoms with Crippen molar-refractivity contribution in [3.8, 4) is 0 Å². The van der Waals surface area contributed by atoms with Crippen LogP contribution >= 0.6 is 11.3 Å². The minimum atomic E-state index is -0.785. The van der Waals surface area contributed by atoms with E-state index in [1.807, 2.05) is 6.92 Å². The number of H-pyrrole nitrogens is 1. The van der Waals surface area contributed by atoms with Crippen LogP contribution in [-0.4, -0.2) is 49.1 Å². The molecular weight excluding hydrogens is 412 g/mol. The van der Waals surface area contributed by atoms with Gasteiger partial charge in [-0.05, 0) is 38.8 Å². The number of anilines is 1. The Morgan fingerprint density at radius 2 is 1.77 bits per heavy atom. The number of aromatic amines is 1. The number of carbonyl (C=O) groups excluding carboxylic acids is 4. The van der Waals surface area contributed by atoms with Gasteiger partial charge in [0.15, 0.2) is 6.61 Å². The molecule has 0 aromatic carbocycles. The smallest absolute Gasteiger partial charge is 0.355 e. The van der Waals surface area contributed by atoms with Crippen molar-refractivity contribution in [2.24, 2.45) is 0 Å². The summed E-state index contributed by atoms with van der Waals surface area (Å²) >= 11 is 1.26. The summed E-state index contributed by atoms with van der Waals surface area (Å²) in [4.78, 5) is 52.2. The number of esters is 3. The zero-order valence-electron chi connectivity index (χ0n) is 17.5. The molecule has 0 aliphatic rings. The Labute approximate surface area is 177 Å². The highest BCUT2D eigenvalue weighted by molar-refractivity contribution is 7.16. The van der Waals surface area contributed by atoms with Crippen LogP contribution in [0.1, 0.15) is 61.2 Å². The van der Waals surface area contributed by atoms with E-state index in [0.717, 1.165) is 4.88 Å². The maximum absolute atomic E-state index is 12.4. The monoisotopic (exact) mass is 436 g/mol. The number of rotatable bonds is 8. The van der Waals surface area contributed by atoms with Crippen LogP contribution < -0.4 is 5.32 Å². The van der Waals surface area contributed by atoms with E-state index >= 15 is 0 Å². The Morgan fingerprint density at radius 1 is 1.07 bits per heavy atom. The third-order valence-electron chi connectivity index (χ3n) is 4.25. The molecule has 0 atom stereocenters. The molecule has 9 nitrogen and oxygen atoms in total. The first-order valence-corrected chi connectivity index (χ1v) is 10.1. The van der Waals surface area contributed by atoms with Gasteiger partial charge in [-0.2, -0.15) is 0 Å². The summed E-state index contributed by atoms with van der Waals surface area (Å²) in [5.74, 6) is -2.50. The molecule has 2 N–H and O–H groups in total. The van der Waals surface area contributed by atoms with Gasteiger partial charge in [0.25, 0.3) is 5.91 Å². The highest BCUT2D eigenvalue weighted by atomic mass is 32.1. The Morgan fingerprint density at radius 3 is 2.37 bits per heavy atom. The molecule has 2 aromatic heterocycles. The summed E-state index contributed by atoms with van der Waals surface area (Å²) in [7, 11) is 1.25. The van der Waals surface area contributed by atoms with Gasteiger partial charge in [-0.1, -0.05) is 6.92 Å². The van der Waals surface area contributed by atoms with Gasteiger partial charge in [-0.3, -0.25) is 4.79 Å². The number of carbonyl (C=O) groups is 4. The van der Waals surface area contributed by atoms with Crippen molar-refractivity contribution in [1.82, 2.24) is 4.98 Å². The molecule has 2 heterocycles. The second-order valence-electron chi connectivity index (χ2n) is 6.27. The van der Waals surface area contributed by atoms with Crippen LogP contribution in [0.5, 0.6) is 0 Å². The second-order valence-corrected chi connectivity index (χ2v) is 7.41. The SMILES string of the molecule is CCOC(=O)c1cc(CC)sc1NC(=O)COC(=O)c1[nH]c(C)c(C(=O)OC)c1C. The van der Waals surface area contributed by atoms with Gasteiger partial charge in [-0.25, -0.2) is 14.4 Å². The molecule has 0 saturated carbocycles. The summed E-state index contributed by atoms with van der Waals surface area (Å²) in [6, 6.07) is 1.67. The van der Waals surface area contributed by atoms with E-state index in [0.29, 0.717) is 22.7 Å². The second kappa shape index (κ2) is 10.1. The van der Waals surface area contributed by atoms with Crippen molar-refractivity contribution in [1.29, 1.82) is 0 Å². The number of aryl methyl sites for hydroxylation is 2. The predicted octanol–water partition coefficient (Wildman–Crippen LogP) is 3.01. The molecule has 1 amide bonds. The molecular formula is C20H24N2O7S. The fourth-order valence-electron chi connectivity index (χ4n) is 2.80. The average Bonchev–Trinajstić information content (AvgIpc) is 3.26. The first-order chi connectivity index (χ1) is 14.2. The van der Waals surface area contributed by atoms with Crippen molar-refractivity contribution < 1.29 is 33.4 Å². The van der Waals surface area contributed by atoms with Gasteiger partial charge >= 0.3 is 17.9 Å². The van der Waals surface area contributed by atoms with E-state index in [4.69, 9.17) is 14.2 Å². The molecule has 0 fully saturated rings. The number of hydrogen-bond acceptors (Lipinski definition) is 8. The van der Waals surface area contributed by atoms with Crippen molar-refractivity contribution in [2.75, 3.05) is 25.6 Å². The molecule has 162 valence electrons. The Kier molecular flexibility index (Phi) is 7.76. The molecule has 2 aromatic rings. The summed E-state index contributed by atoms with van der Waals surface area (Å²) in [5, 5.41) is 2.93. The van der Waals surface area contributed by atoms with Gasteiger partial charge in [-0.15, -0.1) is 11.3 Å². The Hall–Kier alpha value is -3.14. The summed E-state index contributed by atoms with van der Waals surface area (Å²) in [6.07, 6.45) is 0.690.